The second kappa shape index (κ2) is 11.2. The third-order valence-corrected chi connectivity index (χ3v) is 7.17. The van der Waals surface area contributed by atoms with Crippen molar-refractivity contribution in [2.45, 2.75) is 51.0 Å². The third kappa shape index (κ3) is 5.24. The first-order chi connectivity index (χ1) is 16.6. The summed E-state index contributed by atoms with van der Waals surface area (Å²) in [5.41, 5.74) is 8.02. The van der Waals surface area contributed by atoms with E-state index >= 15 is 0 Å². The Kier molecular flexibility index (Phi) is 7.82. The van der Waals surface area contributed by atoms with Gasteiger partial charge in [-0.25, -0.2) is 4.98 Å². The molecule has 34 heavy (non-hydrogen) atoms. The van der Waals surface area contributed by atoms with Crippen LogP contribution in [0.1, 0.15) is 59.3 Å². The van der Waals surface area contributed by atoms with Gasteiger partial charge in [0.15, 0.2) is 0 Å². The molecule has 0 aliphatic heterocycles. The van der Waals surface area contributed by atoms with Crippen LogP contribution in [0.5, 0.6) is 0 Å². The lowest BCUT2D eigenvalue weighted by molar-refractivity contribution is -0.113. The van der Waals surface area contributed by atoms with Crippen LogP contribution in [0.25, 0.3) is 12.2 Å². The number of nitrogens with zero attached hydrogens (tertiary/aromatic N) is 2. The lowest BCUT2D eigenvalue weighted by Gasteiger charge is -2.15. The summed E-state index contributed by atoms with van der Waals surface area (Å²) in [6, 6.07) is 18.6. The molecule has 0 unspecified atom stereocenters. The van der Waals surface area contributed by atoms with Crippen molar-refractivity contribution in [3.8, 4) is 6.07 Å². The van der Waals surface area contributed by atoms with E-state index in [4.69, 9.17) is 4.98 Å². The highest BCUT2D eigenvalue weighted by Gasteiger charge is 2.22. The molecule has 1 aromatic heterocycles. The van der Waals surface area contributed by atoms with E-state index in [2.05, 4.69) is 37.4 Å². The predicted octanol–water partition coefficient (Wildman–Crippen LogP) is 6.47. The van der Waals surface area contributed by atoms with E-state index in [1.807, 2.05) is 48.6 Å². The highest BCUT2D eigenvalue weighted by molar-refractivity contribution is 8.00. The molecule has 4 nitrogen and oxygen atoms in total. The van der Waals surface area contributed by atoms with E-state index in [1.165, 1.54) is 17.3 Å². The van der Waals surface area contributed by atoms with Gasteiger partial charge in [0, 0.05) is 11.4 Å². The number of benzene rings is 2. The topological polar surface area (TPSA) is 65.8 Å². The Balaban J connectivity index is 1.58. The molecule has 1 amide bonds. The van der Waals surface area contributed by atoms with Gasteiger partial charge in [-0.1, -0.05) is 86.3 Å². The molecule has 2 aromatic carbocycles. The van der Waals surface area contributed by atoms with Gasteiger partial charge < -0.3 is 5.32 Å². The number of nitriles is 1. The maximum Gasteiger partial charge on any atom is 0.234 e. The quantitative estimate of drug-likeness (QED) is 0.386. The molecule has 0 bridgehead atoms. The van der Waals surface area contributed by atoms with Gasteiger partial charge >= 0.3 is 0 Å². The van der Waals surface area contributed by atoms with E-state index in [0.29, 0.717) is 10.6 Å². The number of thioether (sulfide) groups is 1. The maximum absolute atomic E-state index is 12.9. The second-order valence-corrected chi connectivity index (χ2v) is 9.30. The number of carbonyl (C=O) groups excluding carboxylic acids is 1. The predicted molar refractivity (Wildman–Crippen MR) is 141 cm³/mol. The first-order valence-corrected chi connectivity index (χ1v) is 12.9. The molecule has 4 rings (SSSR count). The van der Waals surface area contributed by atoms with Gasteiger partial charge in [-0.15, -0.1) is 0 Å². The standard InChI is InChI=1S/C29H29N3OS/c1-3-21-12-8-13-22(4-2)28(21)32-27(33)19-34-29-25(18-30)23(24-14-9-15-26(24)31-29)17-16-20-10-6-5-7-11-20/h5-8,10-13,16-17H,3-4,9,14-15,19H2,1-2H3,(H,32,33)/b17-16+. The normalized spacial score (nSPS) is 12.5. The molecule has 1 aliphatic rings. The van der Waals surface area contributed by atoms with Crippen molar-refractivity contribution < 1.29 is 4.79 Å². The minimum Gasteiger partial charge on any atom is -0.325 e. The van der Waals surface area contributed by atoms with Crippen LogP contribution in [-0.4, -0.2) is 16.6 Å². The zero-order valence-electron chi connectivity index (χ0n) is 19.7. The number of rotatable bonds is 8. The van der Waals surface area contributed by atoms with Crippen LogP contribution in [0.4, 0.5) is 5.69 Å². The summed E-state index contributed by atoms with van der Waals surface area (Å²) >= 11 is 1.35. The van der Waals surface area contributed by atoms with Crippen LogP contribution < -0.4 is 5.32 Å². The van der Waals surface area contributed by atoms with Crippen molar-refractivity contribution in [1.82, 2.24) is 4.98 Å². The van der Waals surface area contributed by atoms with Crippen molar-refractivity contribution >= 4 is 35.5 Å². The van der Waals surface area contributed by atoms with E-state index in [9.17, 15) is 10.1 Å². The minimum atomic E-state index is -0.0758. The summed E-state index contributed by atoms with van der Waals surface area (Å²) in [6.45, 7) is 4.19. The molecule has 0 saturated heterocycles. The fraction of sp³-hybridized carbons (Fsp3) is 0.276. The van der Waals surface area contributed by atoms with Gasteiger partial charge in [0.1, 0.15) is 11.1 Å². The van der Waals surface area contributed by atoms with Gasteiger partial charge in [0.25, 0.3) is 0 Å². The molecule has 0 radical (unpaired) electrons. The largest absolute Gasteiger partial charge is 0.325 e. The molecule has 1 aliphatic carbocycles. The Bertz CT molecular complexity index is 1240. The second-order valence-electron chi connectivity index (χ2n) is 8.34. The number of pyridine rings is 1. The summed E-state index contributed by atoms with van der Waals surface area (Å²) in [6.07, 6.45) is 8.69. The molecular weight excluding hydrogens is 438 g/mol. The summed E-state index contributed by atoms with van der Waals surface area (Å²) in [7, 11) is 0. The third-order valence-electron chi connectivity index (χ3n) is 6.19. The van der Waals surface area contributed by atoms with Crippen molar-refractivity contribution in [3.63, 3.8) is 0 Å². The zero-order valence-corrected chi connectivity index (χ0v) is 20.5. The van der Waals surface area contributed by atoms with Gasteiger partial charge in [-0.05, 0) is 59.9 Å². The van der Waals surface area contributed by atoms with E-state index < -0.39 is 0 Å². The highest BCUT2D eigenvalue weighted by atomic mass is 32.2. The van der Waals surface area contributed by atoms with Crippen molar-refractivity contribution in [1.29, 1.82) is 5.26 Å². The molecule has 5 heteroatoms. The van der Waals surface area contributed by atoms with Gasteiger partial charge in [0.2, 0.25) is 5.91 Å². The summed E-state index contributed by atoms with van der Waals surface area (Å²) in [4.78, 5) is 17.7. The molecule has 0 saturated carbocycles. The van der Waals surface area contributed by atoms with Crippen LogP contribution in [-0.2, 0) is 30.5 Å². The summed E-state index contributed by atoms with van der Waals surface area (Å²) < 4.78 is 0. The average molecular weight is 468 g/mol. The maximum atomic E-state index is 12.9. The van der Waals surface area contributed by atoms with E-state index in [-0.39, 0.29) is 11.7 Å². The fourth-order valence-corrected chi connectivity index (χ4v) is 5.25. The van der Waals surface area contributed by atoms with E-state index in [1.54, 1.807) is 0 Å². The summed E-state index contributed by atoms with van der Waals surface area (Å²) in [5, 5.41) is 13.8. The molecule has 1 heterocycles. The number of aryl methyl sites for hydroxylation is 3. The number of hydrogen-bond donors (Lipinski definition) is 1. The lowest BCUT2D eigenvalue weighted by atomic mass is 10.0. The highest BCUT2D eigenvalue weighted by Crippen LogP contribution is 2.34. The zero-order chi connectivity index (χ0) is 23.9. The monoisotopic (exact) mass is 467 g/mol. The molecule has 3 aromatic rings. The number of aromatic nitrogens is 1. The Morgan fingerprint density at radius 1 is 1.06 bits per heavy atom. The van der Waals surface area contributed by atoms with Crippen molar-refractivity contribution in [2.24, 2.45) is 0 Å². The van der Waals surface area contributed by atoms with Gasteiger partial charge in [-0.2, -0.15) is 5.26 Å². The Morgan fingerprint density at radius 3 is 2.47 bits per heavy atom. The number of anilines is 1. The number of hydrogen-bond acceptors (Lipinski definition) is 4. The van der Waals surface area contributed by atoms with Crippen LogP contribution in [0.2, 0.25) is 0 Å². The number of amides is 1. The van der Waals surface area contributed by atoms with Gasteiger partial charge in [0.05, 0.1) is 11.3 Å². The average Bonchev–Trinajstić information content (AvgIpc) is 3.34. The number of para-hydroxylation sites is 1. The molecule has 0 atom stereocenters. The Hall–Kier alpha value is -3.36. The SMILES string of the molecule is CCc1cccc(CC)c1NC(=O)CSc1nc2c(c(/C=C/c3ccccc3)c1C#N)CCC2. The van der Waals surface area contributed by atoms with Crippen LogP contribution in [0, 0.1) is 11.3 Å². The Morgan fingerprint density at radius 2 is 1.79 bits per heavy atom. The fourth-order valence-electron chi connectivity index (χ4n) is 4.44. The molecule has 0 fully saturated rings. The van der Waals surface area contributed by atoms with Crippen LogP contribution in [0.15, 0.2) is 53.6 Å². The molecular formula is C29H29N3OS. The van der Waals surface area contributed by atoms with Crippen molar-refractivity contribution in [2.75, 3.05) is 11.1 Å². The van der Waals surface area contributed by atoms with E-state index in [0.717, 1.165) is 65.7 Å². The minimum absolute atomic E-state index is 0.0758. The van der Waals surface area contributed by atoms with Crippen LogP contribution >= 0.6 is 11.8 Å². The van der Waals surface area contributed by atoms with Gasteiger partial charge in [-0.3, -0.25) is 4.79 Å². The number of nitrogens with one attached hydrogen (secondary N) is 1. The molecule has 0 spiro atoms. The van der Waals surface area contributed by atoms with Crippen LogP contribution in [0.3, 0.4) is 0 Å². The molecule has 1 N–H and O–H groups in total. The first kappa shape index (κ1) is 23.8. The van der Waals surface area contributed by atoms with Crippen molar-refractivity contribution in [3.05, 3.63) is 87.6 Å². The lowest BCUT2D eigenvalue weighted by Crippen LogP contribution is -2.17. The first-order valence-electron chi connectivity index (χ1n) is 11.9. The smallest absolute Gasteiger partial charge is 0.234 e. The number of fused-ring (bicyclic) bond motifs is 1. The number of carbonyl (C=O) groups is 1. The Labute approximate surface area is 206 Å². The summed E-state index contributed by atoms with van der Waals surface area (Å²) in [5.74, 6) is 0.136. The molecule has 172 valence electrons.